The molecule has 0 aromatic heterocycles. The first-order valence-corrected chi connectivity index (χ1v) is 16.0. The molecule has 0 saturated carbocycles. The second-order valence-electron chi connectivity index (χ2n) is 9.84. The molecular formula is C30H32Cl2F3N3O4S. The molecule has 0 heterocycles. The molecule has 0 bridgehead atoms. The molecule has 0 aliphatic carbocycles. The number of anilines is 1. The Balaban J connectivity index is 1.90. The van der Waals surface area contributed by atoms with Crippen LogP contribution in [0.3, 0.4) is 0 Å². The van der Waals surface area contributed by atoms with E-state index in [1.165, 1.54) is 17.0 Å². The number of likely N-dealkylation sites (N-methyl/N-ethyl adjacent to an activating group) is 1. The second kappa shape index (κ2) is 14.9. The van der Waals surface area contributed by atoms with Gasteiger partial charge in [0.05, 0.1) is 17.5 Å². The van der Waals surface area contributed by atoms with E-state index in [1.807, 2.05) is 30.3 Å². The topological polar surface area (TPSA) is 86.8 Å². The van der Waals surface area contributed by atoms with Gasteiger partial charge in [0.1, 0.15) is 6.04 Å². The van der Waals surface area contributed by atoms with Crippen LogP contribution < -0.4 is 9.62 Å². The van der Waals surface area contributed by atoms with Crippen molar-refractivity contribution in [3.8, 4) is 0 Å². The monoisotopic (exact) mass is 657 g/mol. The van der Waals surface area contributed by atoms with Crippen LogP contribution in [0.15, 0.2) is 72.8 Å². The van der Waals surface area contributed by atoms with E-state index in [1.54, 1.807) is 19.1 Å². The van der Waals surface area contributed by atoms with Gasteiger partial charge in [-0.3, -0.25) is 13.9 Å². The minimum Gasteiger partial charge on any atom is -0.355 e. The lowest BCUT2D eigenvalue weighted by atomic mass is 10.0. The molecule has 1 N–H and O–H groups in total. The maximum Gasteiger partial charge on any atom is 0.416 e. The van der Waals surface area contributed by atoms with Crippen LogP contribution in [0.4, 0.5) is 18.9 Å². The summed E-state index contributed by atoms with van der Waals surface area (Å²) in [7, 11) is -3.99. The predicted octanol–water partition coefficient (Wildman–Crippen LogP) is 6.33. The molecule has 0 unspecified atom stereocenters. The van der Waals surface area contributed by atoms with Crippen molar-refractivity contribution in [1.29, 1.82) is 0 Å². The summed E-state index contributed by atoms with van der Waals surface area (Å²) in [6, 6.07) is 17.0. The molecule has 0 radical (unpaired) electrons. The maximum atomic E-state index is 13.8. The summed E-state index contributed by atoms with van der Waals surface area (Å²) < 4.78 is 65.8. The molecule has 232 valence electrons. The number of halogens is 5. The van der Waals surface area contributed by atoms with Gasteiger partial charge >= 0.3 is 6.18 Å². The van der Waals surface area contributed by atoms with Gasteiger partial charge in [-0.1, -0.05) is 65.7 Å². The van der Waals surface area contributed by atoms with E-state index in [-0.39, 0.29) is 43.9 Å². The molecule has 3 rings (SSSR count). The summed E-state index contributed by atoms with van der Waals surface area (Å²) in [6.07, 6.45) is -3.80. The van der Waals surface area contributed by atoms with Crippen LogP contribution in [0.1, 0.15) is 36.5 Å². The quantitative estimate of drug-likeness (QED) is 0.233. The van der Waals surface area contributed by atoms with E-state index >= 15 is 0 Å². The Morgan fingerprint density at radius 2 is 1.67 bits per heavy atom. The smallest absolute Gasteiger partial charge is 0.355 e. The van der Waals surface area contributed by atoms with Gasteiger partial charge in [-0.15, -0.1) is 0 Å². The first-order valence-electron chi connectivity index (χ1n) is 13.4. The van der Waals surface area contributed by atoms with Crippen molar-refractivity contribution in [3.63, 3.8) is 0 Å². The van der Waals surface area contributed by atoms with Crippen LogP contribution in [0.2, 0.25) is 10.0 Å². The van der Waals surface area contributed by atoms with Crippen molar-refractivity contribution >= 4 is 50.7 Å². The molecule has 0 spiro atoms. The molecule has 0 fully saturated rings. The summed E-state index contributed by atoms with van der Waals surface area (Å²) in [5.41, 5.74) is 0.195. The fraction of sp³-hybridized carbons (Fsp3) is 0.333. The number of hydrogen-bond acceptors (Lipinski definition) is 4. The molecule has 0 saturated heterocycles. The van der Waals surface area contributed by atoms with Gasteiger partial charge in [-0.2, -0.15) is 13.2 Å². The molecule has 13 heteroatoms. The molecule has 0 aliphatic rings. The fourth-order valence-corrected chi connectivity index (χ4v) is 5.95. The Labute approximate surface area is 259 Å². The third kappa shape index (κ3) is 9.87. The zero-order valence-electron chi connectivity index (χ0n) is 23.6. The van der Waals surface area contributed by atoms with Crippen LogP contribution in [-0.4, -0.2) is 50.5 Å². The number of hydrogen-bond donors (Lipinski definition) is 1. The maximum absolute atomic E-state index is 13.8. The number of nitrogens with one attached hydrogen (secondary N) is 1. The van der Waals surface area contributed by atoms with Crippen molar-refractivity contribution in [2.45, 2.75) is 44.9 Å². The number of carbonyl (C=O) groups excluding carboxylic acids is 2. The molecule has 3 aromatic carbocycles. The first-order chi connectivity index (χ1) is 20.2. The normalized spacial score (nSPS) is 12.4. The minimum atomic E-state index is -4.66. The van der Waals surface area contributed by atoms with E-state index < -0.39 is 33.7 Å². The van der Waals surface area contributed by atoms with Crippen LogP contribution in [0.5, 0.6) is 0 Å². The minimum absolute atomic E-state index is 0.0273. The number of sulfonamides is 1. The molecular weight excluding hydrogens is 626 g/mol. The highest BCUT2D eigenvalue weighted by Crippen LogP contribution is 2.32. The lowest BCUT2D eigenvalue weighted by molar-refractivity contribution is -0.141. The summed E-state index contributed by atoms with van der Waals surface area (Å²) in [6.45, 7) is 1.79. The average Bonchev–Trinajstić information content (AvgIpc) is 2.93. The number of nitrogens with zero attached hydrogens (tertiary/aromatic N) is 2. The number of benzene rings is 3. The molecule has 2 amide bonds. The summed E-state index contributed by atoms with van der Waals surface area (Å²) in [5.74, 6) is -0.845. The SMILES string of the molecule is CCNC(=O)[C@H](Cc1ccccc1)N(Cc1ccc(Cl)cc1Cl)C(=O)CCCN(c1cccc(C(F)(F)F)c1)S(C)(=O)=O. The zero-order chi connectivity index (χ0) is 31.8. The average molecular weight is 659 g/mol. The van der Waals surface area contributed by atoms with Crippen molar-refractivity contribution in [1.82, 2.24) is 10.2 Å². The van der Waals surface area contributed by atoms with E-state index in [4.69, 9.17) is 23.2 Å². The van der Waals surface area contributed by atoms with Crippen molar-refractivity contribution < 1.29 is 31.2 Å². The highest BCUT2D eigenvalue weighted by atomic mass is 35.5. The van der Waals surface area contributed by atoms with Gasteiger partial charge in [0, 0.05) is 42.5 Å². The lowest BCUT2D eigenvalue weighted by Crippen LogP contribution is -2.50. The lowest BCUT2D eigenvalue weighted by Gasteiger charge is -2.32. The van der Waals surface area contributed by atoms with Gasteiger partial charge in [0.2, 0.25) is 21.8 Å². The highest BCUT2D eigenvalue weighted by molar-refractivity contribution is 7.92. The Morgan fingerprint density at radius 1 is 0.977 bits per heavy atom. The Morgan fingerprint density at radius 3 is 2.28 bits per heavy atom. The largest absolute Gasteiger partial charge is 0.416 e. The summed E-state index contributed by atoms with van der Waals surface area (Å²) in [4.78, 5) is 28.5. The third-order valence-corrected chi connectivity index (χ3v) is 8.37. The van der Waals surface area contributed by atoms with Gasteiger partial charge < -0.3 is 10.2 Å². The van der Waals surface area contributed by atoms with Crippen molar-refractivity contribution in [2.24, 2.45) is 0 Å². The Bertz CT molecular complexity index is 1520. The number of carbonyl (C=O) groups is 2. The standard InChI is InChI=1S/C30H32Cl2F3N3O4S/c1-3-36-29(40)27(17-21-9-5-4-6-10-21)37(20-22-14-15-24(31)19-26(22)32)28(39)13-8-16-38(43(2,41)42)25-12-7-11-23(18-25)30(33,34)35/h4-7,9-12,14-15,18-19,27H,3,8,13,16-17,20H2,1-2H3,(H,36,40)/t27-/m0/s1. The van der Waals surface area contributed by atoms with E-state index in [0.717, 1.165) is 34.3 Å². The van der Waals surface area contributed by atoms with Crippen molar-refractivity contribution in [2.75, 3.05) is 23.7 Å². The zero-order valence-corrected chi connectivity index (χ0v) is 25.9. The van der Waals surface area contributed by atoms with Gasteiger partial charge in [-0.05, 0) is 54.8 Å². The third-order valence-electron chi connectivity index (χ3n) is 6.59. The highest BCUT2D eigenvalue weighted by Gasteiger charge is 2.33. The molecule has 1 atom stereocenters. The molecule has 0 aliphatic heterocycles. The van der Waals surface area contributed by atoms with E-state index in [2.05, 4.69) is 5.32 Å². The van der Waals surface area contributed by atoms with Crippen LogP contribution in [-0.2, 0) is 38.8 Å². The van der Waals surface area contributed by atoms with Gasteiger partial charge in [-0.25, -0.2) is 8.42 Å². The van der Waals surface area contributed by atoms with Gasteiger partial charge in [0.25, 0.3) is 0 Å². The van der Waals surface area contributed by atoms with Crippen LogP contribution >= 0.6 is 23.2 Å². The summed E-state index contributed by atoms with van der Waals surface area (Å²) >= 11 is 12.5. The van der Waals surface area contributed by atoms with E-state index in [0.29, 0.717) is 22.2 Å². The molecule has 7 nitrogen and oxygen atoms in total. The fourth-order valence-electron chi connectivity index (χ4n) is 4.52. The molecule has 3 aromatic rings. The first kappa shape index (κ1) is 34.2. The number of rotatable bonds is 13. The van der Waals surface area contributed by atoms with E-state index in [9.17, 15) is 31.2 Å². The Hall–Kier alpha value is -3.28. The van der Waals surface area contributed by atoms with Crippen LogP contribution in [0.25, 0.3) is 0 Å². The number of alkyl halides is 3. The predicted molar refractivity (Wildman–Crippen MR) is 162 cm³/mol. The molecule has 43 heavy (non-hydrogen) atoms. The van der Waals surface area contributed by atoms with Crippen LogP contribution in [0, 0.1) is 0 Å². The summed E-state index contributed by atoms with van der Waals surface area (Å²) in [5, 5.41) is 3.47. The second-order valence-corrected chi connectivity index (χ2v) is 12.6. The number of amides is 2. The van der Waals surface area contributed by atoms with Crippen molar-refractivity contribution in [3.05, 3.63) is 99.5 Å². The van der Waals surface area contributed by atoms with Gasteiger partial charge in [0.15, 0.2) is 0 Å². The Kier molecular flexibility index (Phi) is 11.9.